The van der Waals surface area contributed by atoms with E-state index in [9.17, 15) is 9.90 Å². The molecule has 1 aliphatic carbocycles. The molecule has 0 radical (unpaired) electrons. The van der Waals surface area contributed by atoms with Gasteiger partial charge >= 0.3 is 0 Å². The van der Waals surface area contributed by atoms with Gasteiger partial charge in [-0.1, -0.05) is 38.1 Å². The van der Waals surface area contributed by atoms with Crippen LogP contribution in [0.1, 0.15) is 50.7 Å². The van der Waals surface area contributed by atoms with Crippen molar-refractivity contribution in [3.05, 3.63) is 35.4 Å². The van der Waals surface area contributed by atoms with Crippen LogP contribution in [0, 0.1) is 17.3 Å². The van der Waals surface area contributed by atoms with Gasteiger partial charge in [0.25, 0.3) is 0 Å². The highest BCUT2D eigenvalue weighted by Gasteiger charge is 2.37. The number of carbonyl (C=O) groups excluding carboxylic acids is 1. The zero-order chi connectivity index (χ0) is 24.1. The number of ether oxygens (including phenoxy) is 2. The fraction of sp³-hybridized carbons (Fsp3) is 0.750. The van der Waals surface area contributed by atoms with Gasteiger partial charge in [-0.15, -0.1) is 0 Å². The van der Waals surface area contributed by atoms with Gasteiger partial charge in [-0.2, -0.15) is 0 Å². The second-order valence-electron chi connectivity index (χ2n) is 11.4. The summed E-state index contributed by atoms with van der Waals surface area (Å²) in [7, 11) is 1.66. The normalized spacial score (nSPS) is 29.6. The molecular weight excluding hydrogens is 428 g/mol. The highest BCUT2D eigenvalue weighted by molar-refractivity contribution is 5.76. The summed E-state index contributed by atoms with van der Waals surface area (Å²) in [6.45, 7) is 8.74. The van der Waals surface area contributed by atoms with Crippen molar-refractivity contribution in [2.45, 2.75) is 64.5 Å². The van der Waals surface area contributed by atoms with Crippen LogP contribution in [-0.2, 0) is 27.1 Å². The number of aliphatic hydroxyl groups excluding tert-OH is 1. The number of β-amino-alcohol motifs (C(OH)–C–C–N with tert-alkyl or cyclic N) is 1. The Morgan fingerprint density at radius 3 is 2.53 bits per heavy atom. The molecule has 0 bridgehead atoms. The van der Waals surface area contributed by atoms with Crippen LogP contribution >= 0.6 is 0 Å². The number of fused-ring (bicyclic) bond motifs is 2. The van der Waals surface area contributed by atoms with Crippen molar-refractivity contribution in [1.82, 2.24) is 9.80 Å². The average Bonchev–Trinajstić information content (AvgIpc) is 3.26. The molecule has 6 heteroatoms. The van der Waals surface area contributed by atoms with E-state index in [1.165, 1.54) is 11.1 Å². The van der Waals surface area contributed by atoms with Crippen LogP contribution in [0.4, 0.5) is 0 Å². The number of nitrogens with zero attached hydrogens (tertiary/aromatic N) is 2. The summed E-state index contributed by atoms with van der Waals surface area (Å²) in [5, 5.41) is 10.9. The van der Waals surface area contributed by atoms with Crippen molar-refractivity contribution in [3.8, 4) is 0 Å². The molecule has 0 unspecified atom stereocenters. The number of likely N-dealkylation sites (tertiary alicyclic amines) is 1. The molecule has 1 aromatic carbocycles. The van der Waals surface area contributed by atoms with E-state index in [4.69, 9.17) is 9.47 Å². The van der Waals surface area contributed by atoms with E-state index in [0.29, 0.717) is 50.6 Å². The zero-order valence-electron chi connectivity index (χ0n) is 21.4. The number of aliphatic hydroxyl groups is 1. The Balaban J connectivity index is 1.45. The summed E-state index contributed by atoms with van der Waals surface area (Å²) in [5.41, 5.74) is 2.60. The van der Waals surface area contributed by atoms with E-state index in [1.54, 1.807) is 7.11 Å². The van der Waals surface area contributed by atoms with Gasteiger partial charge in [0.05, 0.1) is 19.3 Å². The lowest BCUT2D eigenvalue weighted by Crippen LogP contribution is -2.49. The summed E-state index contributed by atoms with van der Waals surface area (Å²) < 4.78 is 11.3. The van der Waals surface area contributed by atoms with Crippen molar-refractivity contribution in [1.29, 1.82) is 0 Å². The maximum atomic E-state index is 13.4. The first-order valence-electron chi connectivity index (χ1n) is 13.2. The Hall–Kier alpha value is -1.47. The predicted molar refractivity (Wildman–Crippen MR) is 134 cm³/mol. The number of hydrogen-bond donors (Lipinski definition) is 1. The molecule has 4 rings (SSSR count). The standard InChI is InChI=1S/C28H44N2O4/c1-28(2)20-34-13-6-9-24-18-29(25-15-21-7-4-5-8-22(21)16-25)11-10-23(24)17-27(32)30(12-14-33-3)19-26(28)31/h4-5,7-8,23-26,31H,6,9-20H2,1-3H3/t23-,24-,26-/m0/s1. The molecule has 1 amide bonds. The first-order valence-corrected chi connectivity index (χ1v) is 13.2. The number of methoxy groups -OCH3 is 1. The third kappa shape index (κ3) is 6.20. The smallest absolute Gasteiger partial charge is 0.223 e. The molecule has 0 spiro atoms. The largest absolute Gasteiger partial charge is 0.391 e. The molecular formula is C28H44N2O4. The Morgan fingerprint density at radius 2 is 1.82 bits per heavy atom. The third-order valence-corrected chi connectivity index (χ3v) is 8.46. The first-order chi connectivity index (χ1) is 16.4. The summed E-state index contributed by atoms with van der Waals surface area (Å²) in [5.74, 6) is 1.06. The van der Waals surface area contributed by atoms with Crippen molar-refractivity contribution in [2.24, 2.45) is 17.3 Å². The van der Waals surface area contributed by atoms with Crippen molar-refractivity contribution >= 4 is 5.91 Å². The van der Waals surface area contributed by atoms with Crippen molar-refractivity contribution in [2.75, 3.05) is 53.1 Å². The fourth-order valence-electron chi connectivity index (χ4n) is 6.04. The number of rotatable bonds is 4. The minimum atomic E-state index is -0.629. The lowest BCUT2D eigenvalue weighted by atomic mass is 9.79. The Labute approximate surface area is 205 Å². The maximum absolute atomic E-state index is 13.4. The van der Waals surface area contributed by atoms with Crippen LogP contribution < -0.4 is 0 Å². The predicted octanol–water partition coefficient (Wildman–Crippen LogP) is 3.15. The van der Waals surface area contributed by atoms with Gasteiger partial charge in [-0.25, -0.2) is 0 Å². The van der Waals surface area contributed by atoms with Gasteiger partial charge in [0.2, 0.25) is 5.91 Å². The molecule has 2 saturated heterocycles. The number of carbonyl (C=O) groups is 1. The molecule has 0 aromatic heterocycles. The van der Waals surface area contributed by atoms with Gasteiger partial charge in [0.15, 0.2) is 0 Å². The molecule has 3 aliphatic rings. The van der Waals surface area contributed by atoms with Crippen LogP contribution in [0.25, 0.3) is 0 Å². The lowest BCUT2D eigenvalue weighted by molar-refractivity contribution is -0.137. The first kappa shape index (κ1) is 25.6. The summed E-state index contributed by atoms with van der Waals surface area (Å²) in [4.78, 5) is 18.0. The summed E-state index contributed by atoms with van der Waals surface area (Å²) in [6.07, 6.45) is 5.40. The highest BCUT2D eigenvalue weighted by atomic mass is 16.5. The molecule has 2 aliphatic heterocycles. The molecule has 2 fully saturated rings. The minimum absolute atomic E-state index is 0.156. The summed E-state index contributed by atoms with van der Waals surface area (Å²) in [6, 6.07) is 9.46. The zero-order valence-corrected chi connectivity index (χ0v) is 21.4. The molecule has 1 N–H and O–H groups in total. The number of amides is 1. The lowest BCUT2D eigenvalue weighted by Gasteiger charge is -2.42. The topological polar surface area (TPSA) is 62.2 Å². The summed E-state index contributed by atoms with van der Waals surface area (Å²) >= 11 is 0. The highest BCUT2D eigenvalue weighted by Crippen LogP contribution is 2.35. The van der Waals surface area contributed by atoms with E-state index in [2.05, 4.69) is 29.2 Å². The molecule has 0 saturated carbocycles. The monoisotopic (exact) mass is 472 g/mol. The molecule has 3 atom stereocenters. The third-order valence-electron chi connectivity index (χ3n) is 8.46. The van der Waals surface area contributed by atoms with Gasteiger partial charge in [0.1, 0.15) is 0 Å². The second kappa shape index (κ2) is 11.5. The quantitative estimate of drug-likeness (QED) is 0.730. The molecule has 1 aromatic rings. The molecule has 2 heterocycles. The van der Waals surface area contributed by atoms with E-state index in [1.807, 2.05) is 18.7 Å². The van der Waals surface area contributed by atoms with Crippen LogP contribution in [0.2, 0.25) is 0 Å². The Morgan fingerprint density at radius 1 is 1.09 bits per heavy atom. The van der Waals surface area contributed by atoms with Crippen molar-refractivity contribution in [3.63, 3.8) is 0 Å². The van der Waals surface area contributed by atoms with Gasteiger partial charge < -0.3 is 19.5 Å². The number of benzene rings is 1. The van der Waals surface area contributed by atoms with E-state index < -0.39 is 11.5 Å². The van der Waals surface area contributed by atoms with Crippen LogP contribution in [-0.4, -0.2) is 86.1 Å². The maximum Gasteiger partial charge on any atom is 0.223 e. The van der Waals surface area contributed by atoms with E-state index in [-0.39, 0.29) is 5.91 Å². The van der Waals surface area contributed by atoms with Crippen LogP contribution in [0.15, 0.2) is 24.3 Å². The second-order valence-corrected chi connectivity index (χ2v) is 11.4. The van der Waals surface area contributed by atoms with Gasteiger partial charge in [0, 0.05) is 51.2 Å². The van der Waals surface area contributed by atoms with E-state index >= 15 is 0 Å². The van der Waals surface area contributed by atoms with Gasteiger partial charge in [-0.05, 0) is 61.6 Å². The molecule has 6 nitrogen and oxygen atoms in total. The van der Waals surface area contributed by atoms with Crippen LogP contribution in [0.3, 0.4) is 0 Å². The van der Waals surface area contributed by atoms with E-state index in [0.717, 1.165) is 51.8 Å². The number of piperidine rings is 1. The molecule has 34 heavy (non-hydrogen) atoms. The minimum Gasteiger partial charge on any atom is -0.391 e. The number of hydrogen-bond acceptors (Lipinski definition) is 5. The van der Waals surface area contributed by atoms with Gasteiger partial charge in [-0.3, -0.25) is 9.69 Å². The Bertz CT molecular complexity index is 788. The Kier molecular flexibility index (Phi) is 8.67. The SMILES string of the molecule is COCCN1C[C@H](O)C(C)(C)COCCC[C@H]2CN(C3Cc4ccccc4C3)CC[C@H]2CC1=O. The van der Waals surface area contributed by atoms with Crippen molar-refractivity contribution < 1.29 is 19.4 Å². The van der Waals surface area contributed by atoms with Crippen LogP contribution in [0.5, 0.6) is 0 Å². The molecule has 190 valence electrons. The fourth-order valence-corrected chi connectivity index (χ4v) is 6.04. The average molecular weight is 473 g/mol.